The zero-order valence-electron chi connectivity index (χ0n) is 6.57. The molecule has 2 heterocycles. The summed E-state index contributed by atoms with van der Waals surface area (Å²) >= 11 is 0. The van der Waals surface area contributed by atoms with Crippen LogP contribution in [0.25, 0.3) is 11.3 Å². The van der Waals surface area contributed by atoms with Crippen molar-refractivity contribution in [3.8, 4) is 11.3 Å². The molecule has 2 aromatic heterocycles. The molecule has 0 fully saturated rings. The van der Waals surface area contributed by atoms with Gasteiger partial charge in [0.05, 0.1) is 11.3 Å². The van der Waals surface area contributed by atoms with Gasteiger partial charge in [-0.25, -0.2) is 4.98 Å². The lowest BCUT2D eigenvalue weighted by Gasteiger charge is -1.93. The highest BCUT2D eigenvalue weighted by atomic mass is 14.7. The lowest BCUT2D eigenvalue weighted by molar-refractivity contribution is -0.377. The standard InChI is InChI=1S/C10H8N2/c1-2-7-12-10(5-1)9-4-3-6-11-8-9/h1-8H/p+1. The molecule has 0 saturated carbocycles. The average Bonchev–Trinajstić information content (AvgIpc) is 2.21. The van der Waals surface area contributed by atoms with Gasteiger partial charge in [-0.3, -0.25) is 4.98 Å². The molecule has 58 valence electrons. The lowest BCUT2D eigenvalue weighted by atomic mass is 10.2. The second-order valence-electron chi connectivity index (χ2n) is 2.51. The normalized spacial score (nSPS) is 9.67. The van der Waals surface area contributed by atoms with E-state index in [4.69, 9.17) is 0 Å². The molecular formula is C10H9N2+. The molecule has 0 unspecified atom stereocenters. The number of aromatic nitrogens is 2. The van der Waals surface area contributed by atoms with Crippen LogP contribution in [0.4, 0.5) is 0 Å². The summed E-state index contributed by atoms with van der Waals surface area (Å²) in [6.45, 7) is 0. The number of nitrogens with one attached hydrogen (secondary N) is 1. The van der Waals surface area contributed by atoms with Gasteiger partial charge in [-0.2, -0.15) is 0 Å². The van der Waals surface area contributed by atoms with Crippen LogP contribution in [0.15, 0.2) is 48.9 Å². The molecule has 1 N–H and O–H groups in total. The number of hydrogen-bond acceptors (Lipinski definition) is 1. The van der Waals surface area contributed by atoms with Gasteiger partial charge in [0, 0.05) is 12.3 Å². The van der Waals surface area contributed by atoms with Gasteiger partial charge >= 0.3 is 0 Å². The van der Waals surface area contributed by atoms with Crippen molar-refractivity contribution in [1.29, 1.82) is 0 Å². The van der Waals surface area contributed by atoms with E-state index >= 15 is 0 Å². The average molecular weight is 157 g/mol. The van der Waals surface area contributed by atoms with Crippen LogP contribution < -0.4 is 4.98 Å². The fourth-order valence-corrected chi connectivity index (χ4v) is 1.09. The lowest BCUT2D eigenvalue weighted by Crippen LogP contribution is -1.98. The number of hydrogen-bond donors (Lipinski definition) is 0. The molecule has 0 atom stereocenters. The van der Waals surface area contributed by atoms with Crippen molar-refractivity contribution in [2.45, 2.75) is 0 Å². The summed E-state index contributed by atoms with van der Waals surface area (Å²) in [5.74, 6) is 0. The van der Waals surface area contributed by atoms with Crippen LogP contribution in [0.2, 0.25) is 0 Å². The summed E-state index contributed by atoms with van der Waals surface area (Å²) in [5.41, 5.74) is 2.10. The van der Waals surface area contributed by atoms with E-state index in [0.29, 0.717) is 0 Å². The number of aromatic amines is 1. The monoisotopic (exact) mass is 157 g/mol. The molecule has 2 nitrogen and oxygen atoms in total. The minimum absolute atomic E-state index is 0.995. The zero-order chi connectivity index (χ0) is 8.23. The molecule has 2 rings (SSSR count). The SMILES string of the molecule is c1ccc(-c2ccc[nH+]c2)nc1. The predicted molar refractivity (Wildman–Crippen MR) is 46.2 cm³/mol. The molecule has 0 aliphatic heterocycles. The molecule has 0 bridgehead atoms. The van der Waals surface area contributed by atoms with E-state index in [9.17, 15) is 0 Å². The smallest absolute Gasteiger partial charge is 0.176 e. The van der Waals surface area contributed by atoms with E-state index in [0.717, 1.165) is 11.3 Å². The Morgan fingerprint density at radius 3 is 2.75 bits per heavy atom. The Kier molecular flexibility index (Phi) is 1.82. The van der Waals surface area contributed by atoms with Gasteiger partial charge in [0.2, 0.25) is 0 Å². The van der Waals surface area contributed by atoms with E-state index in [1.54, 1.807) is 6.20 Å². The molecule has 12 heavy (non-hydrogen) atoms. The second-order valence-corrected chi connectivity index (χ2v) is 2.51. The summed E-state index contributed by atoms with van der Waals surface area (Å²) in [6.07, 6.45) is 5.61. The van der Waals surface area contributed by atoms with Crippen molar-refractivity contribution in [3.05, 3.63) is 48.9 Å². The van der Waals surface area contributed by atoms with Gasteiger partial charge in [-0.05, 0) is 18.2 Å². The quantitative estimate of drug-likeness (QED) is 0.617. The topological polar surface area (TPSA) is 27.0 Å². The van der Waals surface area contributed by atoms with Crippen LogP contribution in [-0.2, 0) is 0 Å². The maximum atomic E-state index is 4.23. The minimum Gasteiger partial charge on any atom is -0.256 e. The molecule has 2 heteroatoms. The summed E-state index contributed by atoms with van der Waals surface area (Å²) in [5, 5.41) is 0. The highest BCUT2D eigenvalue weighted by molar-refractivity contribution is 5.55. The Morgan fingerprint density at radius 1 is 1.08 bits per heavy atom. The first kappa shape index (κ1) is 6.98. The maximum absolute atomic E-state index is 4.23. The molecule has 2 aromatic rings. The largest absolute Gasteiger partial charge is 0.256 e. The predicted octanol–water partition coefficient (Wildman–Crippen LogP) is 1.56. The minimum atomic E-state index is 0.995. The van der Waals surface area contributed by atoms with E-state index in [1.165, 1.54) is 0 Å². The Bertz CT molecular complexity index is 305. The van der Waals surface area contributed by atoms with Crippen molar-refractivity contribution < 1.29 is 4.98 Å². The number of nitrogens with zero attached hydrogens (tertiary/aromatic N) is 1. The molecule has 0 aliphatic rings. The van der Waals surface area contributed by atoms with E-state index < -0.39 is 0 Å². The summed E-state index contributed by atoms with van der Waals surface area (Å²) < 4.78 is 0. The van der Waals surface area contributed by atoms with E-state index in [1.807, 2.05) is 42.7 Å². The zero-order valence-corrected chi connectivity index (χ0v) is 6.57. The molecule has 0 aromatic carbocycles. The Hall–Kier alpha value is -1.70. The highest BCUT2D eigenvalue weighted by Gasteiger charge is 1.97. The fraction of sp³-hybridized carbons (Fsp3) is 0. The molecule has 0 saturated heterocycles. The van der Waals surface area contributed by atoms with Gasteiger partial charge in [0.25, 0.3) is 0 Å². The van der Waals surface area contributed by atoms with Crippen LogP contribution >= 0.6 is 0 Å². The molecule has 0 amide bonds. The Morgan fingerprint density at radius 2 is 2.08 bits per heavy atom. The van der Waals surface area contributed by atoms with Gasteiger partial charge in [-0.1, -0.05) is 6.07 Å². The first-order chi connectivity index (χ1) is 5.97. The third-order valence-electron chi connectivity index (χ3n) is 1.67. The van der Waals surface area contributed by atoms with Crippen molar-refractivity contribution >= 4 is 0 Å². The third-order valence-corrected chi connectivity index (χ3v) is 1.67. The van der Waals surface area contributed by atoms with Crippen molar-refractivity contribution in [3.63, 3.8) is 0 Å². The fourth-order valence-electron chi connectivity index (χ4n) is 1.09. The molecule has 0 aliphatic carbocycles. The van der Waals surface area contributed by atoms with Gasteiger partial charge in [0.15, 0.2) is 12.4 Å². The number of rotatable bonds is 1. The van der Waals surface area contributed by atoms with Crippen molar-refractivity contribution in [2.24, 2.45) is 0 Å². The molecule has 0 spiro atoms. The van der Waals surface area contributed by atoms with E-state index in [2.05, 4.69) is 9.97 Å². The summed E-state index contributed by atoms with van der Waals surface area (Å²) in [6, 6.07) is 9.87. The number of H-pyrrole nitrogens is 1. The van der Waals surface area contributed by atoms with Crippen LogP contribution in [0.1, 0.15) is 0 Å². The summed E-state index contributed by atoms with van der Waals surface area (Å²) in [7, 11) is 0. The molecule has 0 radical (unpaired) electrons. The third kappa shape index (κ3) is 1.32. The Balaban J connectivity index is 2.46. The summed E-state index contributed by atoms with van der Waals surface area (Å²) in [4.78, 5) is 7.25. The van der Waals surface area contributed by atoms with E-state index in [-0.39, 0.29) is 0 Å². The van der Waals surface area contributed by atoms with Crippen LogP contribution in [-0.4, -0.2) is 4.98 Å². The van der Waals surface area contributed by atoms with Crippen molar-refractivity contribution in [2.75, 3.05) is 0 Å². The maximum Gasteiger partial charge on any atom is 0.176 e. The van der Waals surface area contributed by atoms with Crippen LogP contribution in [0, 0.1) is 0 Å². The van der Waals surface area contributed by atoms with Gasteiger partial charge < -0.3 is 0 Å². The number of pyridine rings is 2. The Labute approximate surface area is 70.9 Å². The van der Waals surface area contributed by atoms with Crippen molar-refractivity contribution in [1.82, 2.24) is 4.98 Å². The van der Waals surface area contributed by atoms with Gasteiger partial charge in [-0.15, -0.1) is 0 Å². The van der Waals surface area contributed by atoms with Gasteiger partial charge in [0.1, 0.15) is 0 Å². The second kappa shape index (κ2) is 3.13. The molecular weight excluding hydrogens is 148 g/mol. The first-order valence-electron chi connectivity index (χ1n) is 3.84. The highest BCUT2D eigenvalue weighted by Crippen LogP contribution is 2.11. The first-order valence-corrected chi connectivity index (χ1v) is 3.84. The van der Waals surface area contributed by atoms with Crippen LogP contribution in [0.3, 0.4) is 0 Å². The van der Waals surface area contributed by atoms with Crippen LogP contribution in [0.5, 0.6) is 0 Å².